The van der Waals surface area contributed by atoms with Crippen molar-refractivity contribution < 1.29 is 19.4 Å². The van der Waals surface area contributed by atoms with Crippen LogP contribution < -0.4 is 0 Å². The van der Waals surface area contributed by atoms with Gasteiger partial charge >= 0.3 is 5.97 Å². The van der Waals surface area contributed by atoms with Crippen molar-refractivity contribution in [2.45, 2.75) is 19.6 Å². The van der Waals surface area contributed by atoms with Gasteiger partial charge in [-0.1, -0.05) is 6.07 Å². The summed E-state index contributed by atoms with van der Waals surface area (Å²) in [5, 5.41) is 9.19. The topological polar surface area (TPSA) is 79.7 Å². The lowest BCUT2D eigenvalue weighted by molar-refractivity contribution is -0.182. The van der Waals surface area contributed by atoms with Gasteiger partial charge in [-0.05, 0) is 26.0 Å². The van der Waals surface area contributed by atoms with Crippen LogP contribution in [-0.2, 0) is 9.53 Å². The normalized spacial score (nSPS) is 13.7. The molecule has 0 bridgehead atoms. The maximum atomic E-state index is 12.1. The molecule has 1 atom stereocenters. The van der Waals surface area contributed by atoms with Gasteiger partial charge in [0.05, 0.1) is 0 Å². The van der Waals surface area contributed by atoms with Gasteiger partial charge in [0, 0.05) is 19.9 Å². The number of carbonyl (C=O) groups is 2. The summed E-state index contributed by atoms with van der Waals surface area (Å²) in [4.78, 5) is 28.3. The molecule has 18 heavy (non-hydrogen) atoms. The molecule has 6 nitrogen and oxygen atoms in total. The molecule has 0 aliphatic carbocycles. The van der Waals surface area contributed by atoms with Crippen LogP contribution in [0.5, 0.6) is 0 Å². The van der Waals surface area contributed by atoms with Gasteiger partial charge < -0.3 is 14.7 Å². The Balaban J connectivity index is 3.01. The van der Waals surface area contributed by atoms with Crippen LogP contribution in [0, 0.1) is 0 Å². The molecule has 1 aromatic heterocycles. The lowest BCUT2D eigenvalue weighted by Gasteiger charge is -2.34. The minimum atomic E-state index is -1.71. The summed E-state index contributed by atoms with van der Waals surface area (Å²) in [6, 6.07) is 4.86. The Hall–Kier alpha value is -1.95. The van der Waals surface area contributed by atoms with Crippen LogP contribution >= 0.6 is 0 Å². The second kappa shape index (κ2) is 5.59. The number of ether oxygens (including phenoxy) is 1. The Morgan fingerprint density at radius 1 is 1.50 bits per heavy atom. The van der Waals surface area contributed by atoms with E-state index in [1.165, 1.54) is 26.2 Å². The monoisotopic (exact) mass is 252 g/mol. The molecule has 0 spiro atoms. The molecule has 1 heterocycles. The highest BCUT2D eigenvalue weighted by molar-refractivity contribution is 5.95. The zero-order valence-electron chi connectivity index (χ0n) is 10.6. The quantitative estimate of drug-likeness (QED) is 0.790. The fraction of sp³-hybridized carbons (Fsp3) is 0.417. The first-order chi connectivity index (χ1) is 8.43. The fourth-order valence-electron chi connectivity index (χ4n) is 1.44. The second-order valence-electron chi connectivity index (χ2n) is 3.80. The van der Waals surface area contributed by atoms with Gasteiger partial charge in [0.2, 0.25) is 5.72 Å². The number of pyridine rings is 1. The van der Waals surface area contributed by atoms with Gasteiger partial charge in [0.25, 0.3) is 5.91 Å². The molecule has 0 aliphatic heterocycles. The van der Waals surface area contributed by atoms with E-state index in [0.717, 1.165) is 4.90 Å². The third-order valence-electron chi connectivity index (χ3n) is 2.65. The minimum Gasteiger partial charge on any atom is -0.478 e. The van der Waals surface area contributed by atoms with E-state index < -0.39 is 17.6 Å². The summed E-state index contributed by atoms with van der Waals surface area (Å²) < 4.78 is 5.17. The van der Waals surface area contributed by atoms with E-state index in [0.29, 0.717) is 0 Å². The molecule has 0 radical (unpaired) electrons. The zero-order valence-corrected chi connectivity index (χ0v) is 10.6. The van der Waals surface area contributed by atoms with E-state index in [1.807, 2.05) is 0 Å². The third-order valence-corrected chi connectivity index (χ3v) is 2.65. The number of hydrogen-bond acceptors (Lipinski definition) is 4. The SMILES string of the molecule is CCOC(C)(C(=O)O)N(C)C(=O)c1ccccn1. The largest absolute Gasteiger partial charge is 0.478 e. The summed E-state index contributed by atoms with van der Waals surface area (Å²) >= 11 is 0. The number of carboxylic acids is 1. The maximum Gasteiger partial charge on any atom is 0.357 e. The predicted octanol–water partition coefficient (Wildman–Crippen LogP) is 0.991. The van der Waals surface area contributed by atoms with Crippen LogP contribution in [0.15, 0.2) is 24.4 Å². The van der Waals surface area contributed by atoms with Crippen molar-refractivity contribution in [2.75, 3.05) is 13.7 Å². The maximum absolute atomic E-state index is 12.1. The summed E-state index contributed by atoms with van der Waals surface area (Å²) in [7, 11) is 1.38. The van der Waals surface area contributed by atoms with Crippen molar-refractivity contribution in [2.24, 2.45) is 0 Å². The van der Waals surface area contributed by atoms with Crippen LogP contribution in [0.4, 0.5) is 0 Å². The number of rotatable bonds is 5. The molecular formula is C12H16N2O4. The lowest BCUT2D eigenvalue weighted by Crippen LogP contribution is -2.55. The molecule has 6 heteroatoms. The van der Waals surface area contributed by atoms with E-state index in [4.69, 9.17) is 4.74 Å². The summed E-state index contributed by atoms with van der Waals surface area (Å²) in [5.74, 6) is -1.73. The number of aliphatic carboxylic acids is 1. The van der Waals surface area contributed by atoms with Gasteiger partial charge in [0.1, 0.15) is 5.69 Å². The van der Waals surface area contributed by atoms with E-state index in [-0.39, 0.29) is 12.3 Å². The van der Waals surface area contributed by atoms with Gasteiger partial charge in [-0.2, -0.15) is 0 Å². The first kappa shape index (κ1) is 14.1. The Bertz CT molecular complexity index is 435. The van der Waals surface area contributed by atoms with E-state index >= 15 is 0 Å². The summed E-state index contributed by atoms with van der Waals surface area (Å²) in [6.45, 7) is 3.18. The summed E-state index contributed by atoms with van der Waals surface area (Å²) in [5.41, 5.74) is -1.53. The number of aromatic nitrogens is 1. The van der Waals surface area contributed by atoms with Crippen LogP contribution in [0.2, 0.25) is 0 Å². The van der Waals surface area contributed by atoms with Crippen molar-refractivity contribution >= 4 is 11.9 Å². The number of carbonyl (C=O) groups excluding carboxylic acids is 1. The van der Waals surface area contributed by atoms with Crippen molar-refractivity contribution in [3.8, 4) is 0 Å². The van der Waals surface area contributed by atoms with Crippen molar-refractivity contribution in [3.05, 3.63) is 30.1 Å². The first-order valence-corrected chi connectivity index (χ1v) is 5.50. The lowest BCUT2D eigenvalue weighted by atomic mass is 10.2. The first-order valence-electron chi connectivity index (χ1n) is 5.50. The molecule has 0 aliphatic rings. The molecule has 0 fully saturated rings. The van der Waals surface area contributed by atoms with Crippen LogP contribution in [0.25, 0.3) is 0 Å². The number of carboxylic acid groups (broad SMARTS) is 1. The molecule has 1 unspecified atom stereocenters. The Kier molecular flexibility index (Phi) is 4.38. The van der Waals surface area contributed by atoms with Gasteiger partial charge in [-0.25, -0.2) is 4.79 Å². The van der Waals surface area contributed by atoms with Gasteiger partial charge in [0.15, 0.2) is 0 Å². The van der Waals surface area contributed by atoms with Crippen molar-refractivity contribution in [1.82, 2.24) is 9.88 Å². The fourth-order valence-corrected chi connectivity index (χ4v) is 1.44. The highest BCUT2D eigenvalue weighted by Crippen LogP contribution is 2.18. The Labute approximate surface area is 105 Å². The molecule has 1 aromatic rings. The number of amides is 1. The number of likely N-dealkylation sites (N-methyl/N-ethyl adjacent to an activating group) is 1. The third kappa shape index (κ3) is 2.65. The zero-order chi connectivity index (χ0) is 13.8. The second-order valence-corrected chi connectivity index (χ2v) is 3.80. The standard InChI is InChI=1S/C12H16N2O4/c1-4-18-12(2,11(16)17)14(3)10(15)9-7-5-6-8-13-9/h5-8H,4H2,1-3H3,(H,16,17). The highest BCUT2D eigenvalue weighted by atomic mass is 16.5. The Morgan fingerprint density at radius 3 is 2.61 bits per heavy atom. The molecule has 1 N–H and O–H groups in total. The molecule has 98 valence electrons. The van der Waals surface area contributed by atoms with Gasteiger partial charge in [-0.15, -0.1) is 0 Å². The van der Waals surface area contributed by atoms with E-state index in [9.17, 15) is 14.7 Å². The van der Waals surface area contributed by atoms with Crippen LogP contribution in [0.1, 0.15) is 24.3 Å². The highest BCUT2D eigenvalue weighted by Gasteiger charge is 2.41. The Morgan fingerprint density at radius 2 is 2.17 bits per heavy atom. The molecule has 0 saturated carbocycles. The number of hydrogen-bond donors (Lipinski definition) is 1. The smallest absolute Gasteiger partial charge is 0.357 e. The van der Waals surface area contributed by atoms with E-state index in [1.54, 1.807) is 19.1 Å². The summed E-state index contributed by atoms with van der Waals surface area (Å²) in [6.07, 6.45) is 1.47. The van der Waals surface area contributed by atoms with Crippen molar-refractivity contribution in [3.63, 3.8) is 0 Å². The molecule has 1 rings (SSSR count). The average Bonchev–Trinajstić information content (AvgIpc) is 2.38. The van der Waals surface area contributed by atoms with Crippen LogP contribution in [0.3, 0.4) is 0 Å². The molecular weight excluding hydrogens is 236 g/mol. The molecule has 1 amide bonds. The average molecular weight is 252 g/mol. The molecule has 0 saturated heterocycles. The number of nitrogens with zero attached hydrogens (tertiary/aromatic N) is 2. The van der Waals surface area contributed by atoms with Crippen LogP contribution in [-0.4, -0.2) is 46.2 Å². The van der Waals surface area contributed by atoms with E-state index in [2.05, 4.69) is 4.98 Å². The van der Waals surface area contributed by atoms with Gasteiger partial charge in [-0.3, -0.25) is 9.78 Å². The molecule has 0 aromatic carbocycles. The minimum absolute atomic E-state index is 0.173. The predicted molar refractivity (Wildman–Crippen MR) is 64.0 cm³/mol. The van der Waals surface area contributed by atoms with Crippen molar-refractivity contribution in [1.29, 1.82) is 0 Å².